The number of anilines is 1. The average Bonchev–Trinajstić information content (AvgIpc) is 2.98. The van der Waals surface area contributed by atoms with E-state index in [1.54, 1.807) is 17.1 Å². The maximum absolute atomic E-state index is 12.3. The molecule has 8 heteroatoms. The summed E-state index contributed by atoms with van der Waals surface area (Å²) in [7, 11) is 1.84. The quantitative estimate of drug-likeness (QED) is 0.775. The third-order valence-electron chi connectivity index (χ3n) is 3.01. The fraction of sp³-hybridized carbons (Fsp3) is 0.250. The van der Waals surface area contributed by atoms with Gasteiger partial charge in [0.2, 0.25) is 5.13 Å². The number of rotatable bonds is 2. The number of nitrogens with zero attached hydrogens (tertiary/aromatic N) is 5. The predicted octanol–water partition coefficient (Wildman–Crippen LogP) is 1.69. The minimum Gasteiger partial charge on any atom is -0.296 e. The molecule has 0 saturated carbocycles. The maximum Gasteiger partial charge on any atom is 0.259 e. The van der Waals surface area contributed by atoms with Crippen LogP contribution < -0.4 is 5.32 Å². The van der Waals surface area contributed by atoms with Crippen LogP contribution in [0.4, 0.5) is 5.13 Å². The van der Waals surface area contributed by atoms with Crippen LogP contribution >= 0.6 is 11.3 Å². The lowest BCUT2D eigenvalue weighted by Crippen LogP contribution is -2.14. The van der Waals surface area contributed by atoms with Crippen LogP contribution in [0.5, 0.6) is 0 Å². The topological polar surface area (TPSA) is 85.6 Å². The Morgan fingerprint density at radius 1 is 1.35 bits per heavy atom. The Kier molecular flexibility index (Phi) is 2.94. The zero-order valence-electron chi connectivity index (χ0n) is 11.2. The lowest BCUT2D eigenvalue weighted by Gasteiger charge is -2.05. The first-order valence-electron chi connectivity index (χ1n) is 5.94. The number of nitrogens with one attached hydrogen (secondary N) is 1. The van der Waals surface area contributed by atoms with E-state index in [4.69, 9.17) is 0 Å². The van der Waals surface area contributed by atoms with Crippen molar-refractivity contribution < 1.29 is 4.79 Å². The van der Waals surface area contributed by atoms with Gasteiger partial charge in [0.1, 0.15) is 5.51 Å². The molecule has 3 aromatic rings. The number of pyridine rings is 1. The van der Waals surface area contributed by atoms with Crippen LogP contribution in [-0.4, -0.2) is 30.9 Å². The number of aryl methyl sites for hydroxylation is 3. The highest BCUT2D eigenvalue weighted by molar-refractivity contribution is 7.13. The molecule has 7 nitrogen and oxygen atoms in total. The number of aromatic nitrogens is 5. The van der Waals surface area contributed by atoms with Gasteiger partial charge in [-0.15, -0.1) is 10.2 Å². The molecule has 0 fully saturated rings. The molecule has 0 aromatic carbocycles. The van der Waals surface area contributed by atoms with Crippen molar-refractivity contribution in [1.82, 2.24) is 25.0 Å². The van der Waals surface area contributed by atoms with Crippen molar-refractivity contribution >= 4 is 33.4 Å². The van der Waals surface area contributed by atoms with Gasteiger partial charge in [0, 0.05) is 12.4 Å². The number of fused-ring (bicyclic) bond motifs is 1. The third-order valence-corrected chi connectivity index (χ3v) is 3.62. The highest BCUT2D eigenvalue weighted by atomic mass is 32.1. The number of carbonyl (C=O) groups excluding carboxylic acids is 1. The van der Waals surface area contributed by atoms with Crippen LogP contribution in [0.3, 0.4) is 0 Å². The van der Waals surface area contributed by atoms with Crippen LogP contribution in [0.2, 0.25) is 0 Å². The molecule has 0 radical (unpaired) electrons. The molecule has 3 rings (SSSR count). The Morgan fingerprint density at radius 2 is 2.15 bits per heavy atom. The molecule has 0 aliphatic rings. The fourth-order valence-electron chi connectivity index (χ4n) is 2.05. The van der Waals surface area contributed by atoms with Gasteiger partial charge in [-0.05, 0) is 19.9 Å². The zero-order chi connectivity index (χ0) is 14.3. The van der Waals surface area contributed by atoms with E-state index in [1.807, 2.05) is 20.0 Å². The summed E-state index contributed by atoms with van der Waals surface area (Å²) in [5, 5.41) is 15.8. The van der Waals surface area contributed by atoms with Crippen LogP contribution in [0.1, 0.15) is 21.7 Å². The summed E-state index contributed by atoms with van der Waals surface area (Å²) < 4.78 is 1.71. The van der Waals surface area contributed by atoms with E-state index in [9.17, 15) is 4.79 Å². The van der Waals surface area contributed by atoms with E-state index < -0.39 is 0 Å². The smallest absolute Gasteiger partial charge is 0.259 e. The van der Waals surface area contributed by atoms with E-state index in [-0.39, 0.29) is 5.91 Å². The number of hydrogen-bond acceptors (Lipinski definition) is 6. The summed E-state index contributed by atoms with van der Waals surface area (Å²) >= 11 is 1.27. The van der Waals surface area contributed by atoms with Crippen molar-refractivity contribution in [3.05, 3.63) is 28.5 Å². The van der Waals surface area contributed by atoms with Crippen LogP contribution in [0.25, 0.3) is 11.0 Å². The van der Waals surface area contributed by atoms with Crippen molar-refractivity contribution in [2.75, 3.05) is 5.32 Å². The SMILES string of the molecule is Cc1nc2c(cc1C(=O)Nc1nncs1)c(C)nn2C. The molecule has 1 amide bonds. The maximum atomic E-state index is 12.3. The average molecular weight is 288 g/mol. The minimum atomic E-state index is -0.239. The molecule has 3 aromatic heterocycles. The van der Waals surface area contributed by atoms with Gasteiger partial charge < -0.3 is 0 Å². The molecular formula is C12H12N6OS. The molecule has 0 atom stereocenters. The largest absolute Gasteiger partial charge is 0.296 e. The summed E-state index contributed by atoms with van der Waals surface area (Å²) in [5.74, 6) is -0.239. The Balaban J connectivity index is 2.04. The lowest BCUT2D eigenvalue weighted by atomic mass is 10.1. The summed E-state index contributed by atoms with van der Waals surface area (Å²) in [6.07, 6.45) is 0. The highest BCUT2D eigenvalue weighted by Crippen LogP contribution is 2.20. The van der Waals surface area contributed by atoms with E-state index in [2.05, 4.69) is 25.6 Å². The van der Waals surface area contributed by atoms with Gasteiger partial charge in [-0.3, -0.25) is 14.8 Å². The molecule has 3 heterocycles. The summed E-state index contributed by atoms with van der Waals surface area (Å²) in [4.78, 5) is 16.7. The van der Waals surface area contributed by atoms with Gasteiger partial charge in [0.25, 0.3) is 5.91 Å². The molecular weight excluding hydrogens is 276 g/mol. The van der Waals surface area contributed by atoms with Gasteiger partial charge in [0.05, 0.1) is 17.0 Å². The van der Waals surface area contributed by atoms with Gasteiger partial charge in [-0.2, -0.15) is 5.10 Å². The van der Waals surface area contributed by atoms with Crippen LogP contribution in [0, 0.1) is 13.8 Å². The van der Waals surface area contributed by atoms with Gasteiger partial charge in [-0.25, -0.2) is 4.98 Å². The Morgan fingerprint density at radius 3 is 2.85 bits per heavy atom. The first-order valence-corrected chi connectivity index (χ1v) is 6.82. The van der Waals surface area contributed by atoms with Crippen molar-refractivity contribution in [2.24, 2.45) is 7.05 Å². The standard InChI is InChI=1S/C12H12N6OS/c1-6-9(11(19)15-12-16-13-5-20-12)4-8-7(2)17-18(3)10(8)14-6/h4-5H,1-3H3,(H,15,16,19). The molecule has 0 aliphatic carbocycles. The van der Waals surface area contributed by atoms with E-state index >= 15 is 0 Å². The Hall–Kier alpha value is -2.35. The lowest BCUT2D eigenvalue weighted by molar-refractivity contribution is 0.102. The van der Waals surface area contributed by atoms with Gasteiger partial charge in [-0.1, -0.05) is 11.3 Å². The van der Waals surface area contributed by atoms with Crippen molar-refractivity contribution in [2.45, 2.75) is 13.8 Å². The molecule has 0 spiro atoms. The fourth-order valence-corrected chi connectivity index (χ4v) is 2.49. The van der Waals surface area contributed by atoms with Crippen LogP contribution in [0.15, 0.2) is 11.6 Å². The molecule has 102 valence electrons. The Labute approximate surface area is 118 Å². The molecule has 20 heavy (non-hydrogen) atoms. The normalized spacial score (nSPS) is 10.9. The van der Waals surface area contributed by atoms with Crippen molar-refractivity contribution in [3.8, 4) is 0 Å². The van der Waals surface area contributed by atoms with E-state index in [0.29, 0.717) is 16.4 Å². The number of amides is 1. The zero-order valence-corrected chi connectivity index (χ0v) is 12.0. The Bertz CT molecular complexity index is 792. The molecule has 0 aliphatic heterocycles. The molecule has 0 saturated heterocycles. The molecule has 0 unspecified atom stereocenters. The molecule has 1 N–H and O–H groups in total. The van der Waals surface area contributed by atoms with Gasteiger partial charge >= 0.3 is 0 Å². The first kappa shape index (κ1) is 12.7. The minimum absolute atomic E-state index is 0.239. The van der Waals surface area contributed by atoms with Crippen molar-refractivity contribution in [3.63, 3.8) is 0 Å². The van der Waals surface area contributed by atoms with Crippen LogP contribution in [-0.2, 0) is 7.05 Å². The first-order chi connectivity index (χ1) is 9.56. The summed E-state index contributed by atoms with van der Waals surface area (Å²) in [5.41, 5.74) is 4.36. The van der Waals surface area contributed by atoms with E-state index in [0.717, 1.165) is 16.7 Å². The highest BCUT2D eigenvalue weighted by Gasteiger charge is 2.16. The predicted molar refractivity (Wildman–Crippen MR) is 75.8 cm³/mol. The molecule has 0 bridgehead atoms. The second-order valence-corrected chi connectivity index (χ2v) is 5.23. The monoisotopic (exact) mass is 288 g/mol. The summed E-state index contributed by atoms with van der Waals surface area (Å²) in [6.45, 7) is 3.70. The second-order valence-electron chi connectivity index (χ2n) is 4.40. The summed E-state index contributed by atoms with van der Waals surface area (Å²) in [6, 6.07) is 1.82. The second kappa shape index (κ2) is 4.64. The number of hydrogen-bond donors (Lipinski definition) is 1. The van der Waals surface area contributed by atoms with Gasteiger partial charge in [0.15, 0.2) is 5.65 Å². The third kappa shape index (κ3) is 2.03. The van der Waals surface area contributed by atoms with E-state index in [1.165, 1.54) is 11.3 Å². The number of carbonyl (C=O) groups is 1. The van der Waals surface area contributed by atoms with Crippen molar-refractivity contribution in [1.29, 1.82) is 0 Å².